The van der Waals surface area contributed by atoms with Gasteiger partial charge >= 0.3 is 5.97 Å². The topological polar surface area (TPSA) is 68.3 Å². The lowest BCUT2D eigenvalue weighted by atomic mass is 10.1. The van der Waals surface area contributed by atoms with Crippen molar-refractivity contribution >= 4 is 34.4 Å². The fourth-order valence-corrected chi connectivity index (χ4v) is 3.41. The minimum absolute atomic E-state index is 0.105. The number of carbonyl (C=O) groups excluding carboxylic acids is 2. The first-order chi connectivity index (χ1) is 13.2. The Hall–Kier alpha value is -3.25. The number of carbonyl (C=O) groups is 2. The van der Waals surface area contributed by atoms with Crippen LogP contribution in [-0.2, 0) is 20.7 Å². The Balaban J connectivity index is 1.80. The first-order valence-electron chi connectivity index (χ1n) is 8.32. The van der Waals surface area contributed by atoms with Crippen molar-refractivity contribution in [2.45, 2.75) is 6.42 Å². The monoisotopic (exact) mass is 378 g/mol. The number of nitrogens with zero attached hydrogens (tertiary/aromatic N) is 1. The number of thiazole rings is 1. The van der Waals surface area contributed by atoms with Gasteiger partial charge < -0.3 is 4.74 Å². The predicted molar refractivity (Wildman–Crippen MR) is 107 cm³/mol. The van der Waals surface area contributed by atoms with E-state index >= 15 is 0 Å². The molecule has 3 aromatic rings. The minimum atomic E-state index is -0.349. The Bertz CT molecular complexity index is 950. The molecule has 2 aromatic carbocycles. The van der Waals surface area contributed by atoms with Crippen molar-refractivity contribution in [3.05, 3.63) is 77.2 Å². The molecule has 5 nitrogen and oxygen atoms in total. The fourth-order valence-electron chi connectivity index (χ4n) is 2.43. The average molecular weight is 378 g/mol. The molecule has 0 spiro atoms. The third kappa shape index (κ3) is 5.12. The predicted octanol–water partition coefficient (Wildman–Crippen LogP) is 4.18. The van der Waals surface area contributed by atoms with Crippen LogP contribution in [0.25, 0.3) is 17.3 Å². The van der Waals surface area contributed by atoms with Crippen LogP contribution in [0.5, 0.6) is 0 Å². The Kier molecular flexibility index (Phi) is 6.12. The van der Waals surface area contributed by atoms with Crippen molar-refractivity contribution in [1.29, 1.82) is 0 Å². The number of rotatable bonds is 6. The highest BCUT2D eigenvalue weighted by Crippen LogP contribution is 2.31. The molecule has 0 atom stereocenters. The summed E-state index contributed by atoms with van der Waals surface area (Å²) in [6.45, 7) is 0. The van der Waals surface area contributed by atoms with Crippen molar-refractivity contribution < 1.29 is 14.3 Å². The first-order valence-corrected chi connectivity index (χ1v) is 9.13. The molecule has 0 aliphatic carbocycles. The molecule has 6 heteroatoms. The van der Waals surface area contributed by atoms with Crippen LogP contribution < -0.4 is 5.32 Å². The van der Waals surface area contributed by atoms with Gasteiger partial charge in [0.05, 0.1) is 19.2 Å². The summed E-state index contributed by atoms with van der Waals surface area (Å²) in [7, 11) is 1.35. The third-order valence-electron chi connectivity index (χ3n) is 3.73. The van der Waals surface area contributed by atoms with Crippen molar-refractivity contribution in [2.24, 2.45) is 0 Å². The number of esters is 1. The van der Waals surface area contributed by atoms with Crippen molar-refractivity contribution in [3.63, 3.8) is 0 Å². The second kappa shape index (κ2) is 8.91. The number of ether oxygens (including phenoxy) is 1. The number of benzene rings is 2. The molecule has 0 saturated heterocycles. The van der Waals surface area contributed by atoms with E-state index < -0.39 is 0 Å². The van der Waals surface area contributed by atoms with Crippen molar-refractivity contribution in [1.82, 2.24) is 4.98 Å². The molecule has 1 N–H and O–H groups in total. The summed E-state index contributed by atoms with van der Waals surface area (Å²) in [5.41, 5.74) is 2.49. The molecule has 0 aliphatic rings. The Morgan fingerprint density at radius 2 is 1.74 bits per heavy atom. The van der Waals surface area contributed by atoms with Gasteiger partial charge in [0.15, 0.2) is 5.13 Å². The summed E-state index contributed by atoms with van der Waals surface area (Å²) in [4.78, 5) is 29.2. The standard InChI is InChI=1S/C21H18N2O3S/c1-26-19(25)14-17-20(16-10-6-3-7-11-16)23-21(27-17)22-18(24)13-12-15-8-4-2-5-9-15/h2-13H,14H2,1H3,(H,22,23,24)/b13-12+. The van der Waals surface area contributed by atoms with Gasteiger partial charge in [0.25, 0.3) is 0 Å². The number of nitrogens with one attached hydrogen (secondary N) is 1. The summed E-state index contributed by atoms with van der Waals surface area (Å²) < 4.78 is 4.76. The Labute approximate surface area is 161 Å². The zero-order valence-corrected chi connectivity index (χ0v) is 15.5. The van der Waals surface area contributed by atoms with E-state index in [0.717, 1.165) is 16.0 Å². The van der Waals surface area contributed by atoms with E-state index in [2.05, 4.69) is 10.3 Å². The molecule has 1 aromatic heterocycles. The summed E-state index contributed by atoms with van der Waals surface area (Å²) in [6.07, 6.45) is 3.30. The highest BCUT2D eigenvalue weighted by molar-refractivity contribution is 7.16. The summed E-state index contributed by atoms with van der Waals surface area (Å²) >= 11 is 1.27. The van der Waals surface area contributed by atoms with Gasteiger partial charge in [-0.3, -0.25) is 14.9 Å². The van der Waals surface area contributed by atoms with Crippen LogP contribution in [0.2, 0.25) is 0 Å². The van der Waals surface area contributed by atoms with E-state index in [1.54, 1.807) is 6.08 Å². The number of aromatic nitrogens is 1. The normalized spacial score (nSPS) is 10.7. The van der Waals surface area contributed by atoms with E-state index in [0.29, 0.717) is 10.8 Å². The molecule has 27 heavy (non-hydrogen) atoms. The lowest BCUT2D eigenvalue weighted by Gasteiger charge is -2.01. The van der Waals surface area contributed by atoms with Gasteiger partial charge in [-0.15, -0.1) is 11.3 Å². The molecule has 136 valence electrons. The molecular formula is C21H18N2O3S. The van der Waals surface area contributed by atoms with E-state index in [1.165, 1.54) is 24.5 Å². The van der Waals surface area contributed by atoms with E-state index in [-0.39, 0.29) is 18.3 Å². The van der Waals surface area contributed by atoms with Crippen LogP contribution >= 0.6 is 11.3 Å². The zero-order chi connectivity index (χ0) is 19.1. The highest BCUT2D eigenvalue weighted by Gasteiger charge is 2.17. The average Bonchev–Trinajstić information content (AvgIpc) is 3.09. The fraction of sp³-hybridized carbons (Fsp3) is 0.0952. The van der Waals surface area contributed by atoms with Gasteiger partial charge in [-0.1, -0.05) is 60.7 Å². The van der Waals surface area contributed by atoms with Crippen LogP contribution in [0, 0.1) is 0 Å². The second-order valence-corrected chi connectivity index (χ2v) is 6.73. The molecular weight excluding hydrogens is 360 g/mol. The molecule has 0 saturated carbocycles. The minimum Gasteiger partial charge on any atom is -0.469 e. The molecule has 0 bridgehead atoms. The Morgan fingerprint density at radius 1 is 1.07 bits per heavy atom. The van der Waals surface area contributed by atoms with Gasteiger partial charge in [-0.2, -0.15) is 0 Å². The quantitative estimate of drug-likeness (QED) is 0.516. The maximum absolute atomic E-state index is 12.2. The first kappa shape index (κ1) is 18.5. The largest absolute Gasteiger partial charge is 0.469 e. The smallest absolute Gasteiger partial charge is 0.310 e. The van der Waals surface area contributed by atoms with Gasteiger partial charge in [0.1, 0.15) is 0 Å². The summed E-state index contributed by atoms with van der Waals surface area (Å²) in [5.74, 6) is -0.630. The van der Waals surface area contributed by atoms with Crippen LogP contribution in [0.4, 0.5) is 5.13 Å². The number of amides is 1. The molecule has 3 rings (SSSR count). The second-order valence-electron chi connectivity index (χ2n) is 5.64. The van der Waals surface area contributed by atoms with Crippen molar-refractivity contribution in [2.75, 3.05) is 12.4 Å². The van der Waals surface area contributed by atoms with Gasteiger partial charge in [-0.25, -0.2) is 4.98 Å². The highest BCUT2D eigenvalue weighted by atomic mass is 32.1. The van der Waals surface area contributed by atoms with Gasteiger partial charge in [0.2, 0.25) is 5.91 Å². The number of anilines is 1. The summed E-state index contributed by atoms with van der Waals surface area (Å²) in [5, 5.41) is 3.20. The molecule has 0 aliphatic heterocycles. The lowest BCUT2D eigenvalue weighted by Crippen LogP contribution is -2.07. The molecule has 1 heterocycles. The maximum atomic E-state index is 12.2. The number of hydrogen-bond acceptors (Lipinski definition) is 5. The number of methoxy groups -OCH3 is 1. The van der Waals surface area contributed by atoms with Gasteiger partial charge in [-0.05, 0) is 11.6 Å². The number of hydrogen-bond donors (Lipinski definition) is 1. The zero-order valence-electron chi connectivity index (χ0n) is 14.7. The maximum Gasteiger partial charge on any atom is 0.310 e. The summed E-state index contributed by atoms with van der Waals surface area (Å²) in [6, 6.07) is 19.1. The molecule has 0 radical (unpaired) electrons. The third-order valence-corrected chi connectivity index (χ3v) is 4.70. The van der Waals surface area contributed by atoms with Gasteiger partial charge in [0, 0.05) is 16.5 Å². The van der Waals surface area contributed by atoms with Crippen molar-refractivity contribution in [3.8, 4) is 11.3 Å². The lowest BCUT2D eigenvalue weighted by molar-refractivity contribution is -0.139. The van der Waals surface area contributed by atoms with Crippen LogP contribution in [-0.4, -0.2) is 24.0 Å². The van der Waals surface area contributed by atoms with E-state index in [9.17, 15) is 9.59 Å². The van der Waals surface area contributed by atoms with Crippen LogP contribution in [0.1, 0.15) is 10.4 Å². The molecule has 0 unspecified atom stereocenters. The molecule has 0 fully saturated rings. The SMILES string of the molecule is COC(=O)Cc1sc(NC(=O)/C=C/c2ccccc2)nc1-c1ccccc1. The Morgan fingerprint density at radius 3 is 2.41 bits per heavy atom. The van der Waals surface area contributed by atoms with Crippen LogP contribution in [0.3, 0.4) is 0 Å². The van der Waals surface area contributed by atoms with Crippen LogP contribution in [0.15, 0.2) is 66.7 Å². The van der Waals surface area contributed by atoms with E-state index in [1.807, 2.05) is 60.7 Å². The molecule has 1 amide bonds. The van der Waals surface area contributed by atoms with E-state index in [4.69, 9.17) is 4.74 Å².